The average molecular weight is 404 g/mol. The Balaban J connectivity index is 1.17. The highest BCUT2D eigenvalue weighted by Gasteiger charge is 2.51. The molecule has 1 spiro atoms. The van der Waals surface area contributed by atoms with Crippen molar-refractivity contribution < 1.29 is 4.79 Å². The van der Waals surface area contributed by atoms with E-state index in [0.717, 1.165) is 49.4 Å². The van der Waals surface area contributed by atoms with E-state index in [4.69, 9.17) is 0 Å². The SMILES string of the molecule is CNC(=O)c1ccc(N2CC3(CN(Cc4ccc5nc(C)c(=O)[nH]c5c4)C3)C2)cn1. The first-order chi connectivity index (χ1) is 14.4. The summed E-state index contributed by atoms with van der Waals surface area (Å²) in [6.07, 6.45) is 1.78. The van der Waals surface area contributed by atoms with Crippen LogP contribution in [0.1, 0.15) is 21.7 Å². The fourth-order valence-corrected chi connectivity index (χ4v) is 4.58. The van der Waals surface area contributed by atoms with Crippen molar-refractivity contribution in [3.8, 4) is 0 Å². The average Bonchev–Trinajstić information content (AvgIpc) is 2.69. The number of carbonyl (C=O) groups is 1. The smallest absolute Gasteiger partial charge is 0.269 e. The van der Waals surface area contributed by atoms with E-state index in [9.17, 15) is 9.59 Å². The number of pyridine rings is 1. The molecular weight excluding hydrogens is 380 g/mol. The number of aryl methyl sites for hydroxylation is 1. The Morgan fingerprint density at radius 2 is 2.00 bits per heavy atom. The minimum Gasteiger partial charge on any atom is -0.369 e. The van der Waals surface area contributed by atoms with Crippen molar-refractivity contribution in [2.24, 2.45) is 5.41 Å². The molecule has 0 bridgehead atoms. The third kappa shape index (κ3) is 3.23. The van der Waals surface area contributed by atoms with E-state index in [-0.39, 0.29) is 11.5 Å². The maximum atomic E-state index is 11.8. The lowest BCUT2D eigenvalue weighted by Gasteiger charge is -2.61. The van der Waals surface area contributed by atoms with Crippen LogP contribution in [-0.4, -0.2) is 59.0 Å². The quantitative estimate of drug-likeness (QED) is 0.681. The van der Waals surface area contributed by atoms with Gasteiger partial charge < -0.3 is 15.2 Å². The molecule has 154 valence electrons. The number of aromatic amines is 1. The molecule has 0 unspecified atom stereocenters. The first-order valence-corrected chi connectivity index (χ1v) is 10.1. The minimum atomic E-state index is -0.167. The van der Waals surface area contributed by atoms with E-state index >= 15 is 0 Å². The summed E-state index contributed by atoms with van der Waals surface area (Å²) >= 11 is 0. The van der Waals surface area contributed by atoms with Crippen molar-refractivity contribution in [3.63, 3.8) is 0 Å². The number of hydrogen-bond acceptors (Lipinski definition) is 6. The number of rotatable bonds is 4. The summed E-state index contributed by atoms with van der Waals surface area (Å²) in [5.41, 5.74) is 5.01. The van der Waals surface area contributed by atoms with E-state index in [0.29, 0.717) is 16.8 Å². The number of likely N-dealkylation sites (tertiary alicyclic amines) is 1. The molecule has 2 aliphatic rings. The number of amides is 1. The molecule has 8 heteroatoms. The fraction of sp³-hybridized carbons (Fsp3) is 0.364. The number of nitrogens with one attached hydrogen (secondary N) is 2. The van der Waals surface area contributed by atoms with Crippen LogP contribution in [0, 0.1) is 12.3 Å². The number of H-pyrrole nitrogens is 1. The third-order valence-corrected chi connectivity index (χ3v) is 6.08. The van der Waals surface area contributed by atoms with Gasteiger partial charge in [-0.05, 0) is 36.8 Å². The lowest BCUT2D eigenvalue weighted by atomic mass is 9.72. The van der Waals surface area contributed by atoms with Gasteiger partial charge in [-0.15, -0.1) is 0 Å². The summed E-state index contributed by atoms with van der Waals surface area (Å²) in [5, 5.41) is 2.59. The van der Waals surface area contributed by atoms with Gasteiger partial charge in [-0.1, -0.05) is 6.07 Å². The lowest BCUT2D eigenvalue weighted by Crippen LogP contribution is -2.71. The molecule has 1 aromatic carbocycles. The molecule has 0 aliphatic carbocycles. The second-order valence-corrected chi connectivity index (χ2v) is 8.48. The maximum absolute atomic E-state index is 11.8. The lowest BCUT2D eigenvalue weighted by molar-refractivity contribution is -0.0273. The molecule has 8 nitrogen and oxygen atoms in total. The maximum Gasteiger partial charge on any atom is 0.269 e. The van der Waals surface area contributed by atoms with Gasteiger partial charge in [0.1, 0.15) is 11.4 Å². The Labute approximate surface area is 173 Å². The molecule has 5 rings (SSSR count). The second kappa shape index (κ2) is 6.91. The van der Waals surface area contributed by atoms with Crippen molar-refractivity contribution in [2.45, 2.75) is 13.5 Å². The summed E-state index contributed by atoms with van der Waals surface area (Å²) < 4.78 is 0. The van der Waals surface area contributed by atoms with Crippen molar-refractivity contribution >= 4 is 22.6 Å². The Hall–Kier alpha value is -3.26. The normalized spacial score (nSPS) is 17.6. The molecule has 2 aliphatic heterocycles. The zero-order valence-electron chi connectivity index (χ0n) is 17.1. The number of hydrogen-bond donors (Lipinski definition) is 2. The fourth-order valence-electron chi connectivity index (χ4n) is 4.58. The van der Waals surface area contributed by atoms with Crippen LogP contribution in [0.25, 0.3) is 11.0 Å². The summed E-state index contributed by atoms with van der Waals surface area (Å²) in [6.45, 7) is 6.75. The van der Waals surface area contributed by atoms with Gasteiger partial charge in [0, 0.05) is 45.2 Å². The van der Waals surface area contributed by atoms with Gasteiger partial charge in [0.15, 0.2) is 0 Å². The van der Waals surface area contributed by atoms with E-state index < -0.39 is 0 Å². The van der Waals surface area contributed by atoms with Crippen LogP contribution in [0.2, 0.25) is 0 Å². The molecule has 1 amide bonds. The second-order valence-electron chi connectivity index (χ2n) is 8.48. The Morgan fingerprint density at radius 3 is 2.70 bits per heavy atom. The molecule has 2 N–H and O–H groups in total. The van der Waals surface area contributed by atoms with Crippen LogP contribution in [0.3, 0.4) is 0 Å². The molecule has 3 aromatic rings. The van der Waals surface area contributed by atoms with Gasteiger partial charge in [-0.3, -0.25) is 14.5 Å². The van der Waals surface area contributed by atoms with E-state index in [1.165, 1.54) is 5.56 Å². The van der Waals surface area contributed by atoms with Crippen LogP contribution >= 0.6 is 0 Å². The minimum absolute atomic E-state index is 0.130. The molecule has 30 heavy (non-hydrogen) atoms. The van der Waals surface area contributed by atoms with Gasteiger partial charge in [0.2, 0.25) is 0 Å². The topological polar surface area (TPSA) is 94.2 Å². The zero-order chi connectivity index (χ0) is 20.9. The molecule has 0 saturated carbocycles. The van der Waals surface area contributed by atoms with Crippen molar-refractivity contribution in [1.82, 2.24) is 25.2 Å². The molecule has 4 heterocycles. The molecular formula is C22H24N6O2. The summed E-state index contributed by atoms with van der Waals surface area (Å²) in [4.78, 5) is 39.7. The Morgan fingerprint density at radius 1 is 1.20 bits per heavy atom. The Kier molecular flexibility index (Phi) is 4.32. The Bertz CT molecular complexity index is 1170. The molecule has 0 radical (unpaired) electrons. The van der Waals surface area contributed by atoms with E-state index in [1.54, 1.807) is 26.2 Å². The van der Waals surface area contributed by atoms with E-state index in [2.05, 4.69) is 36.1 Å². The molecule has 0 atom stereocenters. The predicted octanol–water partition coefficient (Wildman–Crippen LogP) is 1.31. The number of aromatic nitrogens is 3. The number of fused-ring (bicyclic) bond motifs is 1. The van der Waals surface area contributed by atoms with Crippen molar-refractivity contribution in [2.75, 3.05) is 38.1 Å². The van der Waals surface area contributed by atoms with Gasteiger partial charge in [0.25, 0.3) is 11.5 Å². The van der Waals surface area contributed by atoms with Gasteiger partial charge >= 0.3 is 0 Å². The van der Waals surface area contributed by atoms with Crippen LogP contribution in [-0.2, 0) is 6.54 Å². The van der Waals surface area contributed by atoms with E-state index in [1.807, 2.05) is 18.2 Å². The molecule has 2 fully saturated rings. The van der Waals surface area contributed by atoms with Gasteiger partial charge in [0.05, 0.1) is 22.9 Å². The first kappa shape index (κ1) is 18.7. The van der Waals surface area contributed by atoms with Crippen molar-refractivity contribution in [3.05, 3.63) is 63.8 Å². The van der Waals surface area contributed by atoms with Crippen LogP contribution < -0.4 is 15.8 Å². The largest absolute Gasteiger partial charge is 0.369 e. The van der Waals surface area contributed by atoms with Gasteiger partial charge in [-0.25, -0.2) is 9.97 Å². The summed E-state index contributed by atoms with van der Waals surface area (Å²) in [7, 11) is 1.61. The number of benzene rings is 1. The molecule has 2 aromatic heterocycles. The number of nitrogens with zero attached hydrogens (tertiary/aromatic N) is 4. The first-order valence-electron chi connectivity index (χ1n) is 10.1. The summed E-state index contributed by atoms with van der Waals surface area (Å²) in [6, 6.07) is 9.83. The highest BCUT2D eigenvalue weighted by Crippen LogP contribution is 2.42. The van der Waals surface area contributed by atoms with Gasteiger partial charge in [-0.2, -0.15) is 0 Å². The van der Waals surface area contributed by atoms with Crippen LogP contribution in [0.15, 0.2) is 41.3 Å². The van der Waals surface area contributed by atoms with Crippen LogP contribution in [0.5, 0.6) is 0 Å². The molecule has 2 saturated heterocycles. The predicted molar refractivity (Wildman–Crippen MR) is 115 cm³/mol. The monoisotopic (exact) mass is 404 g/mol. The highest BCUT2D eigenvalue weighted by molar-refractivity contribution is 5.92. The highest BCUT2D eigenvalue weighted by atomic mass is 16.1. The zero-order valence-corrected chi connectivity index (χ0v) is 17.1. The van der Waals surface area contributed by atoms with Crippen LogP contribution in [0.4, 0.5) is 5.69 Å². The third-order valence-electron chi connectivity index (χ3n) is 6.08. The van der Waals surface area contributed by atoms with Crippen molar-refractivity contribution in [1.29, 1.82) is 0 Å². The standard InChI is InChI=1S/C22H24N6O2/c1-14-20(29)26-19-7-15(3-5-17(19)25-14)9-27-10-22(11-27)12-28(13-22)16-4-6-18(24-8-16)21(30)23-2/h3-8H,9-13H2,1-2H3,(H,23,30)(H,26,29). The summed E-state index contributed by atoms with van der Waals surface area (Å²) in [5.74, 6) is -0.167. The number of anilines is 1. The number of carbonyl (C=O) groups excluding carboxylic acids is 1.